The molecule has 0 atom stereocenters. The van der Waals surface area contributed by atoms with Gasteiger partial charge in [-0.25, -0.2) is 0 Å². The fourth-order valence-corrected chi connectivity index (χ4v) is 1.45. The maximum atomic E-state index is 10.4. The Kier molecular flexibility index (Phi) is 11.1. The van der Waals surface area contributed by atoms with E-state index in [-0.39, 0.29) is 5.97 Å². The van der Waals surface area contributed by atoms with Gasteiger partial charge in [0.1, 0.15) is 0 Å². The lowest BCUT2D eigenvalue weighted by molar-refractivity contribution is -0.141. The summed E-state index contributed by atoms with van der Waals surface area (Å²) in [6, 6.07) is 0. The molecule has 90 valence electrons. The number of ether oxygens (including phenoxy) is 2. The quantitative estimate of drug-likeness (QED) is 0.416. The number of hydrogen-bond acceptors (Lipinski definition) is 3. The molecule has 0 unspecified atom stereocenters. The fraction of sp³-hybridized carbons (Fsp3) is 0.917. The van der Waals surface area contributed by atoms with Crippen molar-refractivity contribution in [2.45, 2.75) is 51.9 Å². The summed E-state index contributed by atoms with van der Waals surface area (Å²) < 4.78 is 9.82. The van der Waals surface area contributed by atoms with E-state index in [0.29, 0.717) is 6.61 Å². The summed E-state index contributed by atoms with van der Waals surface area (Å²) >= 11 is 0. The molecule has 0 saturated heterocycles. The van der Waals surface area contributed by atoms with E-state index in [0.717, 1.165) is 19.4 Å². The van der Waals surface area contributed by atoms with E-state index in [1.54, 1.807) is 7.11 Å². The molecule has 3 heteroatoms. The van der Waals surface area contributed by atoms with E-state index < -0.39 is 0 Å². The normalized spacial score (nSPS) is 10.3. The van der Waals surface area contributed by atoms with Crippen LogP contribution in [0.4, 0.5) is 0 Å². The second-order valence-electron chi connectivity index (χ2n) is 3.81. The van der Waals surface area contributed by atoms with Gasteiger partial charge in [0.2, 0.25) is 0 Å². The minimum Gasteiger partial charge on any atom is -0.466 e. The summed E-state index contributed by atoms with van der Waals surface area (Å²) in [5.41, 5.74) is 0. The van der Waals surface area contributed by atoms with Crippen molar-refractivity contribution in [1.82, 2.24) is 0 Å². The first-order valence-corrected chi connectivity index (χ1v) is 5.89. The first-order chi connectivity index (χ1) is 7.27. The van der Waals surface area contributed by atoms with Crippen LogP contribution in [0.5, 0.6) is 0 Å². The molecule has 3 nitrogen and oxygen atoms in total. The molecule has 0 aliphatic carbocycles. The molecule has 0 radical (unpaired) electrons. The predicted molar refractivity (Wildman–Crippen MR) is 60.8 cm³/mol. The van der Waals surface area contributed by atoms with E-state index >= 15 is 0 Å². The van der Waals surface area contributed by atoms with Gasteiger partial charge in [0.05, 0.1) is 6.61 Å². The number of hydrogen-bond donors (Lipinski definition) is 0. The highest BCUT2D eigenvalue weighted by molar-refractivity contribution is 5.65. The van der Waals surface area contributed by atoms with Crippen LogP contribution in [-0.4, -0.2) is 26.3 Å². The van der Waals surface area contributed by atoms with Crippen molar-refractivity contribution in [3.8, 4) is 0 Å². The molecule has 0 rings (SSSR count). The van der Waals surface area contributed by atoms with Gasteiger partial charge in [-0.1, -0.05) is 32.1 Å². The third-order valence-electron chi connectivity index (χ3n) is 2.30. The SMILES string of the molecule is COCCCCCCCCCOC(C)=O. The molecule has 0 aromatic heterocycles. The van der Waals surface area contributed by atoms with E-state index in [4.69, 9.17) is 9.47 Å². The lowest BCUT2D eigenvalue weighted by Gasteiger charge is -2.02. The first kappa shape index (κ1) is 14.4. The fourth-order valence-electron chi connectivity index (χ4n) is 1.45. The Labute approximate surface area is 93.1 Å². The highest BCUT2D eigenvalue weighted by Crippen LogP contribution is 2.07. The summed E-state index contributed by atoms with van der Waals surface area (Å²) in [6.07, 6.45) is 8.41. The average Bonchev–Trinajstić information content (AvgIpc) is 2.20. The molecule has 0 amide bonds. The van der Waals surface area contributed by atoms with E-state index in [9.17, 15) is 4.79 Å². The van der Waals surface area contributed by atoms with Crippen LogP contribution >= 0.6 is 0 Å². The number of esters is 1. The summed E-state index contributed by atoms with van der Waals surface area (Å²) in [5, 5.41) is 0. The van der Waals surface area contributed by atoms with Crippen molar-refractivity contribution in [3.05, 3.63) is 0 Å². The van der Waals surface area contributed by atoms with Crippen molar-refractivity contribution in [3.63, 3.8) is 0 Å². The molecular weight excluding hydrogens is 192 g/mol. The van der Waals surface area contributed by atoms with Crippen LogP contribution in [0.3, 0.4) is 0 Å². The molecule has 0 aromatic rings. The monoisotopic (exact) mass is 216 g/mol. The predicted octanol–water partition coefficient (Wildman–Crippen LogP) is 2.93. The van der Waals surface area contributed by atoms with Crippen LogP contribution in [0.25, 0.3) is 0 Å². The molecule has 0 aliphatic rings. The molecule has 0 aliphatic heterocycles. The maximum absolute atomic E-state index is 10.4. The van der Waals surface area contributed by atoms with Crippen molar-refractivity contribution < 1.29 is 14.3 Å². The number of carbonyl (C=O) groups is 1. The second-order valence-corrected chi connectivity index (χ2v) is 3.81. The topological polar surface area (TPSA) is 35.5 Å². The Morgan fingerprint density at radius 2 is 1.33 bits per heavy atom. The van der Waals surface area contributed by atoms with Crippen LogP contribution in [0.2, 0.25) is 0 Å². The number of methoxy groups -OCH3 is 1. The van der Waals surface area contributed by atoms with Gasteiger partial charge in [-0.3, -0.25) is 4.79 Å². The molecule has 15 heavy (non-hydrogen) atoms. The van der Waals surface area contributed by atoms with Crippen molar-refractivity contribution in [2.75, 3.05) is 20.3 Å². The molecular formula is C12H24O3. The Balaban J connectivity index is 2.89. The lowest BCUT2D eigenvalue weighted by atomic mass is 10.1. The zero-order valence-electron chi connectivity index (χ0n) is 10.1. The van der Waals surface area contributed by atoms with Gasteiger partial charge in [0.25, 0.3) is 0 Å². The third kappa shape index (κ3) is 13.4. The van der Waals surface area contributed by atoms with Crippen molar-refractivity contribution in [1.29, 1.82) is 0 Å². The Morgan fingerprint density at radius 1 is 0.867 bits per heavy atom. The van der Waals surface area contributed by atoms with E-state index in [2.05, 4.69) is 0 Å². The summed E-state index contributed by atoms with van der Waals surface area (Å²) in [4.78, 5) is 10.4. The van der Waals surface area contributed by atoms with Crippen LogP contribution in [0, 0.1) is 0 Å². The number of unbranched alkanes of at least 4 members (excludes halogenated alkanes) is 6. The molecule has 0 fully saturated rings. The van der Waals surface area contributed by atoms with Crippen LogP contribution in [0.15, 0.2) is 0 Å². The van der Waals surface area contributed by atoms with Gasteiger partial charge in [-0.05, 0) is 12.8 Å². The average molecular weight is 216 g/mol. The van der Waals surface area contributed by atoms with Gasteiger partial charge >= 0.3 is 5.97 Å². The van der Waals surface area contributed by atoms with E-state index in [1.165, 1.54) is 39.0 Å². The third-order valence-corrected chi connectivity index (χ3v) is 2.30. The standard InChI is InChI=1S/C12H24O3/c1-12(13)15-11-9-7-5-3-4-6-8-10-14-2/h3-11H2,1-2H3. The molecule has 0 bridgehead atoms. The van der Waals surface area contributed by atoms with Gasteiger partial charge in [-0.15, -0.1) is 0 Å². The summed E-state index contributed by atoms with van der Waals surface area (Å²) in [5.74, 6) is -0.172. The molecule has 0 N–H and O–H groups in total. The van der Waals surface area contributed by atoms with Gasteiger partial charge < -0.3 is 9.47 Å². The van der Waals surface area contributed by atoms with Crippen molar-refractivity contribution in [2.24, 2.45) is 0 Å². The molecule has 0 aromatic carbocycles. The highest BCUT2D eigenvalue weighted by Gasteiger charge is 1.94. The molecule has 0 saturated carbocycles. The zero-order chi connectivity index (χ0) is 11.4. The second kappa shape index (κ2) is 11.5. The summed E-state index contributed by atoms with van der Waals surface area (Å²) in [7, 11) is 1.75. The van der Waals surface area contributed by atoms with Gasteiger partial charge in [0.15, 0.2) is 0 Å². The summed E-state index contributed by atoms with van der Waals surface area (Å²) in [6.45, 7) is 2.92. The van der Waals surface area contributed by atoms with Crippen LogP contribution in [0.1, 0.15) is 51.9 Å². The minimum atomic E-state index is -0.172. The molecule has 0 spiro atoms. The minimum absolute atomic E-state index is 0.172. The first-order valence-electron chi connectivity index (χ1n) is 5.89. The van der Waals surface area contributed by atoms with Crippen molar-refractivity contribution >= 4 is 5.97 Å². The number of carbonyl (C=O) groups excluding carboxylic acids is 1. The Bertz CT molecular complexity index is 146. The zero-order valence-corrected chi connectivity index (χ0v) is 10.1. The smallest absolute Gasteiger partial charge is 0.302 e. The highest BCUT2D eigenvalue weighted by atomic mass is 16.5. The largest absolute Gasteiger partial charge is 0.466 e. The Morgan fingerprint density at radius 3 is 1.80 bits per heavy atom. The maximum Gasteiger partial charge on any atom is 0.302 e. The van der Waals surface area contributed by atoms with E-state index in [1.807, 2.05) is 0 Å². The van der Waals surface area contributed by atoms with Gasteiger partial charge in [-0.2, -0.15) is 0 Å². The van der Waals surface area contributed by atoms with Gasteiger partial charge in [0, 0.05) is 20.6 Å². The number of rotatable bonds is 10. The lowest BCUT2D eigenvalue weighted by Crippen LogP contribution is -2.00. The van der Waals surface area contributed by atoms with Crippen LogP contribution in [-0.2, 0) is 14.3 Å². The molecule has 0 heterocycles. The van der Waals surface area contributed by atoms with Crippen LogP contribution < -0.4 is 0 Å². The Hall–Kier alpha value is -0.570.